The second-order valence-electron chi connectivity index (χ2n) is 4.26. The highest BCUT2D eigenvalue weighted by atomic mass is 32.2. The summed E-state index contributed by atoms with van der Waals surface area (Å²) in [6.45, 7) is 9.56. The fourth-order valence-corrected chi connectivity index (χ4v) is 1.88. The molecule has 14 heavy (non-hydrogen) atoms. The van der Waals surface area contributed by atoms with E-state index in [9.17, 15) is 4.21 Å². The summed E-state index contributed by atoms with van der Waals surface area (Å²) in [6.07, 6.45) is 2.49. The zero-order valence-electron chi connectivity index (χ0n) is 10.0. The van der Waals surface area contributed by atoms with E-state index in [1.807, 2.05) is 6.92 Å². The third kappa shape index (κ3) is 8.70. The van der Waals surface area contributed by atoms with Gasteiger partial charge in [-0.25, -0.2) is 0 Å². The van der Waals surface area contributed by atoms with Crippen molar-refractivity contribution in [3.63, 3.8) is 0 Å². The van der Waals surface area contributed by atoms with Gasteiger partial charge in [-0.1, -0.05) is 20.8 Å². The molecule has 3 heteroatoms. The average Bonchev–Trinajstić information content (AvgIpc) is 2.14. The van der Waals surface area contributed by atoms with Gasteiger partial charge in [-0.2, -0.15) is 0 Å². The molecule has 0 spiro atoms. The molecular formula is C11H25NOS. The third-order valence-corrected chi connectivity index (χ3v) is 3.62. The van der Waals surface area contributed by atoms with Gasteiger partial charge in [0.2, 0.25) is 0 Å². The van der Waals surface area contributed by atoms with Crippen molar-refractivity contribution >= 4 is 10.8 Å². The maximum Gasteiger partial charge on any atom is 0.0360 e. The molecule has 0 aliphatic rings. The Morgan fingerprint density at radius 1 is 1.21 bits per heavy atom. The second-order valence-corrected chi connectivity index (χ2v) is 6.12. The zero-order chi connectivity index (χ0) is 11.0. The van der Waals surface area contributed by atoms with Gasteiger partial charge in [0.15, 0.2) is 0 Å². The van der Waals surface area contributed by atoms with Crippen molar-refractivity contribution in [1.82, 2.24) is 5.32 Å². The van der Waals surface area contributed by atoms with Crippen molar-refractivity contribution in [3.8, 4) is 0 Å². The van der Waals surface area contributed by atoms with Crippen molar-refractivity contribution in [2.75, 3.05) is 18.1 Å². The smallest absolute Gasteiger partial charge is 0.0360 e. The predicted molar refractivity (Wildman–Crippen MR) is 65.1 cm³/mol. The average molecular weight is 219 g/mol. The summed E-state index contributed by atoms with van der Waals surface area (Å²) in [5.74, 6) is 2.36. The van der Waals surface area contributed by atoms with Gasteiger partial charge in [0, 0.05) is 34.9 Å². The van der Waals surface area contributed by atoms with Gasteiger partial charge in [0.25, 0.3) is 0 Å². The Morgan fingerprint density at radius 2 is 1.86 bits per heavy atom. The van der Waals surface area contributed by atoms with E-state index in [2.05, 4.69) is 26.1 Å². The van der Waals surface area contributed by atoms with Crippen LogP contribution in [0.1, 0.15) is 40.5 Å². The standard InChI is InChI=1S/C11H25NOS/c1-5-14(13)9-8-12-11(4)7-6-10(2)3/h10-12H,5-9H2,1-4H3. The van der Waals surface area contributed by atoms with E-state index >= 15 is 0 Å². The molecule has 86 valence electrons. The first kappa shape index (κ1) is 14.1. The maximum absolute atomic E-state index is 11.1. The van der Waals surface area contributed by atoms with Crippen LogP contribution in [0.5, 0.6) is 0 Å². The molecular weight excluding hydrogens is 194 g/mol. The van der Waals surface area contributed by atoms with Crippen LogP contribution in [0.15, 0.2) is 0 Å². The Kier molecular flexibility index (Phi) is 8.49. The molecule has 0 heterocycles. The van der Waals surface area contributed by atoms with Gasteiger partial charge >= 0.3 is 0 Å². The van der Waals surface area contributed by atoms with Crippen LogP contribution in [0.4, 0.5) is 0 Å². The summed E-state index contributed by atoms with van der Waals surface area (Å²) in [5.41, 5.74) is 0. The van der Waals surface area contributed by atoms with Gasteiger partial charge in [-0.05, 0) is 25.7 Å². The molecule has 0 aromatic heterocycles. The van der Waals surface area contributed by atoms with Crippen LogP contribution in [-0.4, -0.2) is 28.3 Å². The summed E-state index contributed by atoms with van der Waals surface area (Å²) in [7, 11) is -0.619. The van der Waals surface area contributed by atoms with Crippen LogP contribution in [0.2, 0.25) is 0 Å². The lowest BCUT2D eigenvalue weighted by atomic mass is 10.0. The molecule has 0 aromatic rings. The summed E-state index contributed by atoms with van der Waals surface area (Å²) in [4.78, 5) is 0. The Balaban J connectivity index is 3.35. The minimum Gasteiger partial charge on any atom is -0.313 e. The lowest BCUT2D eigenvalue weighted by molar-refractivity contribution is 0.460. The normalized spacial score (nSPS) is 15.8. The first-order chi connectivity index (χ1) is 6.56. The van der Waals surface area contributed by atoms with Crippen LogP contribution in [0, 0.1) is 5.92 Å². The van der Waals surface area contributed by atoms with Crippen molar-refractivity contribution in [3.05, 3.63) is 0 Å². The molecule has 0 amide bonds. The predicted octanol–water partition coefficient (Wildman–Crippen LogP) is 2.17. The van der Waals surface area contributed by atoms with Gasteiger partial charge in [-0.15, -0.1) is 0 Å². The number of hydrogen-bond donors (Lipinski definition) is 1. The Morgan fingerprint density at radius 3 is 2.36 bits per heavy atom. The first-order valence-corrected chi connectivity index (χ1v) is 7.13. The van der Waals surface area contributed by atoms with Crippen LogP contribution in [0.25, 0.3) is 0 Å². The minimum atomic E-state index is -0.619. The van der Waals surface area contributed by atoms with Crippen LogP contribution in [-0.2, 0) is 10.8 Å². The molecule has 0 radical (unpaired) electrons. The minimum absolute atomic E-state index is 0.561. The molecule has 1 N–H and O–H groups in total. The second kappa shape index (κ2) is 8.42. The maximum atomic E-state index is 11.1. The van der Waals surface area contributed by atoms with Crippen LogP contribution >= 0.6 is 0 Å². The van der Waals surface area contributed by atoms with E-state index in [0.29, 0.717) is 6.04 Å². The Labute approximate surface area is 91.3 Å². The molecule has 0 saturated heterocycles. The molecule has 0 bridgehead atoms. The molecule has 0 fully saturated rings. The molecule has 2 nitrogen and oxygen atoms in total. The Hall–Kier alpha value is 0.110. The van der Waals surface area contributed by atoms with Crippen LogP contribution < -0.4 is 5.32 Å². The molecule has 0 aliphatic heterocycles. The SMILES string of the molecule is CCS(=O)CCNC(C)CCC(C)C. The number of rotatable bonds is 8. The molecule has 0 aromatic carbocycles. The molecule has 2 atom stereocenters. The molecule has 0 rings (SSSR count). The monoisotopic (exact) mass is 219 g/mol. The molecule has 2 unspecified atom stereocenters. The van der Waals surface area contributed by atoms with Crippen molar-refractivity contribution in [1.29, 1.82) is 0 Å². The summed E-state index contributed by atoms with van der Waals surface area (Å²) in [6, 6.07) is 0.561. The Bertz CT molecular complexity index is 159. The van der Waals surface area contributed by atoms with Gasteiger partial charge in [0.1, 0.15) is 0 Å². The van der Waals surface area contributed by atoms with E-state index in [1.54, 1.807) is 0 Å². The highest BCUT2D eigenvalue weighted by Gasteiger charge is 2.03. The van der Waals surface area contributed by atoms with Crippen LogP contribution in [0.3, 0.4) is 0 Å². The number of nitrogens with one attached hydrogen (secondary N) is 1. The van der Waals surface area contributed by atoms with E-state index in [0.717, 1.165) is 24.0 Å². The van der Waals surface area contributed by atoms with E-state index in [1.165, 1.54) is 12.8 Å². The number of hydrogen-bond acceptors (Lipinski definition) is 2. The van der Waals surface area contributed by atoms with Crippen molar-refractivity contribution < 1.29 is 4.21 Å². The van der Waals surface area contributed by atoms with Gasteiger partial charge in [-0.3, -0.25) is 4.21 Å². The van der Waals surface area contributed by atoms with E-state index in [-0.39, 0.29) is 0 Å². The largest absolute Gasteiger partial charge is 0.313 e. The molecule has 0 saturated carbocycles. The lowest BCUT2D eigenvalue weighted by Crippen LogP contribution is -2.30. The highest BCUT2D eigenvalue weighted by Crippen LogP contribution is 2.05. The molecule has 0 aliphatic carbocycles. The summed E-state index contributed by atoms with van der Waals surface area (Å²) >= 11 is 0. The summed E-state index contributed by atoms with van der Waals surface area (Å²) in [5, 5.41) is 3.41. The quantitative estimate of drug-likeness (QED) is 0.678. The fourth-order valence-electron chi connectivity index (χ4n) is 1.25. The third-order valence-electron chi connectivity index (χ3n) is 2.32. The van der Waals surface area contributed by atoms with E-state index < -0.39 is 10.8 Å². The van der Waals surface area contributed by atoms with Gasteiger partial charge < -0.3 is 5.32 Å². The van der Waals surface area contributed by atoms with Crippen molar-refractivity contribution in [2.45, 2.75) is 46.6 Å². The lowest BCUT2D eigenvalue weighted by Gasteiger charge is -2.14. The topological polar surface area (TPSA) is 29.1 Å². The zero-order valence-corrected chi connectivity index (χ0v) is 10.8. The highest BCUT2D eigenvalue weighted by molar-refractivity contribution is 7.84. The van der Waals surface area contributed by atoms with E-state index in [4.69, 9.17) is 0 Å². The fraction of sp³-hybridized carbons (Fsp3) is 1.00. The van der Waals surface area contributed by atoms with Crippen molar-refractivity contribution in [2.24, 2.45) is 5.92 Å². The first-order valence-electron chi connectivity index (χ1n) is 5.64. The summed E-state index contributed by atoms with van der Waals surface area (Å²) < 4.78 is 11.1. The van der Waals surface area contributed by atoms with Gasteiger partial charge in [0.05, 0.1) is 0 Å².